The van der Waals surface area contributed by atoms with Crippen LogP contribution in [0.5, 0.6) is 5.75 Å². The van der Waals surface area contributed by atoms with Crippen molar-refractivity contribution >= 4 is 0 Å². The monoisotopic (exact) mass is 270 g/mol. The average molecular weight is 270 g/mol. The fraction of sp³-hybridized carbons (Fsp3) is 0.214. The van der Waals surface area contributed by atoms with Crippen LogP contribution in [0.1, 0.15) is 12.7 Å². The highest BCUT2D eigenvalue weighted by Crippen LogP contribution is 2.22. The molecule has 0 unspecified atom stereocenters. The lowest BCUT2D eigenvalue weighted by Crippen LogP contribution is -1.97. The molecule has 2 rings (SSSR count). The molecule has 0 atom stereocenters. The Morgan fingerprint density at radius 2 is 2.20 bits per heavy atom. The highest BCUT2D eigenvalue weighted by molar-refractivity contribution is 5.59. The Balaban J connectivity index is 2.07. The standard InChI is InChI=1S/C14H14N4O2/c1-10(2)9-19-12-5-3-11(4-6-12)14-7-13(20-17-14)8-16-18-15/h3-7H,1,8-9H2,2H3. The van der Waals surface area contributed by atoms with Crippen molar-refractivity contribution in [2.75, 3.05) is 6.61 Å². The third-order valence-corrected chi connectivity index (χ3v) is 2.48. The van der Waals surface area contributed by atoms with Gasteiger partial charge >= 0.3 is 0 Å². The summed E-state index contributed by atoms with van der Waals surface area (Å²) in [5.74, 6) is 1.30. The number of aromatic nitrogens is 1. The molecule has 0 spiro atoms. The summed E-state index contributed by atoms with van der Waals surface area (Å²) >= 11 is 0. The molecule has 0 bridgehead atoms. The maximum Gasteiger partial charge on any atom is 0.143 e. The fourth-order valence-corrected chi connectivity index (χ4v) is 1.55. The molecule has 0 amide bonds. The smallest absolute Gasteiger partial charge is 0.143 e. The van der Waals surface area contributed by atoms with Crippen LogP contribution in [-0.2, 0) is 6.54 Å². The minimum atomic E-state index is 0.156. The van der Waals surface area contributed by atoms with Crippen LogP contribution in [0.15, 0.2) is 52.1 Å². The first-order valence-electron chi connectivity index (χ1n) is 6.03. The number of hydrogen-bond donors (Lipinski definition) is 0. The SMILES string of the molecule is C=C(C)COc1ccc(-c2cc(CN=[N+]=[N-])on2)cc1. The zero-order chi connectivity index (χ0) is 14.4. The van der Waals surface area contributed by atoms with Crippen LogP contribution < -0.4 is 4.74 Å². The van der Waals surface area contributed by atoms with Gasteiger partial charge in [0.05, 0.1) is 6.54 Å². The van der Waals surface area contributed by atoms with Crippen molar-refractivity contribution in [1.29, 1.82) is 0 Å². The summed E-state index contributed by atoms with van der Waals surface area (Å²) in [7, 11) is 0. The number of benzene rings is 1. The summed E-state index contributed by atoms with van der Waals surface area (Å²) in [6.45, 7) is 6.35. The fourth-order valence-electron chi connectivity index (χ4n) is 1.55. The molecule has 1 aromatic heterocycles. The van der Waals surface area contributed by atoms with E-state index in [9.17, 15) is 0 Å². The summed E-state index contributed by atoms with van der Waals surface area (Å²) in [4.78, 5) is 2.67. The maximum atomic E-state index is 8.25. The summed E-state index contributed by atoms with van der Waals surface area (Å²) < 4.78 is 10.6. The second kappa shape index (κ2) is 6.45. The molecule has 1 aromatic carbocycles. The van der Waals surface area contributed by atoms with Gasteiger partial charge in [0.25, 0.3) is 0 Å². The van der Waals surface area contributed by atoms with Gasteiger partial charge in [0.15, 0.2) is 0 Å². The van der Waals surface area contributed by atoms with E-state index in [1.165, 1.54) is 0 Å². The molecule has 6 heteroatoms. The lowest BCUT2D eigenvalue weighted by Gasteiger charge is -2.05. The normalized spacial score (nSPS) is 9.85. The van der Waals surface area contributed by atoms with Gasteiger partial charge in [-0.3, -0.25) is 0 Å². The molecule has 0 saturated heterocycles. The zero-order valence-electron chi connectivity index (χ0n) is 11.1. The second-order valence-corrected chi connectivity index (χ2v) is 4.34. The molecule has 0 radical (unpaired) electrons. The van der Waals surface area contributed by atoms with E-state index >= 15 is 0 Å². The first-order valence-corrected chi connectivity index (χ1v) is 6.03. The molecular weight excluding hydrogens is 256 g/mol. The molecule has 0 fully saturated rings. The first-order chi connectivity index (χ1) is 9.69. The van der Waals surface area contributed by atoms with Crippen LogP contribution in [0, 0.1) is 0 Å². The molecule has 0 N–H and O–H groups in total. The van der Waals surface area contributed by atoms with E-state index in [0.717, 1.165) is 16.9 Å². The maximum absolute atomic E-state index is 8.25. The Kier molecular flexibility index (Phi) is 4.42. The van der Waals surface area contributed by atoms with Crippen LogP contribution >= 0.6 is 0 Å². The third kappa shape index (κ3) is 3.63. The van der Waals surface area contributed by atoms with E-state index in [0.29, 0.717) is 18.1 Å². The molecule has 0 aliphatic rings. The minimum absolute atomic E-state index is 0.156. The van der Waals surface area contributed by atoms with Crippen LogP contribution in [-0.4, -0.2) is 11.8 Å². The van der Waals surface area contributed by atoms with Crippen molar-refractivity contribution in [3.63, 3.8) is 0 Å². The van der Waals surface area contributed by atoms with Crippen LogP contribution in [0.4, 0.5) is 0 Å². The van der Waals surface area contributed by atoms with Gasteiger partial charge in [0.2, 0.25) is 0 Å². The van der Waals surface area contributed by atoms with Gasteiger partial charge < -0.3 is 9.26 Å². The van der Waals surface area contributed by atoms with E-state index < -0.39 is 0 Å². The van der Waals surface area contributed by atoms with E-state index in [1.807, 2.05) is 31.2 Å². The predicted molar refractivity (Wildman–Crippen MR) is 75.1 cm³/mol. The zero-order valence-corrected chi connectivity index (χ0v) is 11.1. The quantitative estimate of drug-likeness (QED) is 0.342. The topological polar surface area (TPSA) is 84.0 Å². The second-order valence-electron chi connectivity index (χ2n) is 4.34. The van der Waals surface area contributed by atoms with Crippen LogP contribution in [0.25, 0.3) is 21.7 Å². The first kappa shape index (κ1) is 13.7. The van der Waals surface area contributed by atoms with Crippen molar-refractivity contribution in [1.82, 2.24) is 5.16 Å². The highest BCUT2D eigenvalue weighted by atomic mass is 16.5. The van der Waals surface area contributed by atoms with Crippen LogP contribution in [0.3, 0.4) is 0 Å². The Morgan fingerprint density at radius 3 is 2.85 bits per heavy atom. The summed E-state index contributed by atoms with van der Waals surface area (Å²) in [5.41, 5.74) is 10.8. The molecular formula is C14H14N4O2. The third-order valence-electron chi connectivity index (χ3n) is 2.48. The van der Waals surface area contributed by atoms with Crippen molar-refractivity contribution in [3.8, 4) is 17.0 Å². The van der Waals surface area contributed by atoms with Crippen molar-refractivity contribution in [3.05, 3.63) is 58.7 Å². The number of ether oxygens (including phenoxy) is 1. The molecule has 1 heterocycles. The Bertz CT molecular complexity index is 639. The molecule has 0 aliphatic heterocycles. The van der Waals surface area contributed by atoms with Crippen molar-refractivity contribution in [2.24, 2.45) is 5.11 Å². The van der Waals surface area contributed by atoms with Crippen molar-refractivity contribution in [2.45, 2.75) is 13.5 Å². The Morgan fingerprint density at radius 1 is 1.45 bits per heavy atom. The van der Waals surface area contributed by atoms with Gasteiger partial charge in [-0.15, -0.1) is 0 Å². The predicted octanol–water partition coefficient (Wildman–Crippen LogP) is 4.11. The van der Waals surface area contributed by atoms with Gasteiger partial charge in [-0.1, -0.05) is 16.8 Å². The van der Waals surface area contributed by atoms with Gasteiger partial charge in [-0.05, 0) is 42.3 Å². The highest BCUT2D eigenvalue weighted by Gasteiger charge is 2.06. The minimum Gasteiger partial charge on any atom is -0.489 e. The molecule has 102 valence electrons. The summed E-state index contributed by atoms with van der Waals surface area (Å²) in [6.07, 6.45) is 0. The molecule has 20 heavy (non-hydrogen) atoms. The molecule has 6 nitrogen and oxygen atoms in total. The molecule has 0 saturated carbocycles. The van der Waals surface area contributed by atoms with E-state index in [4.69, 9.17) is 14.8 Å². The summed E-state index contributed by atoms with van der Waals surface area (Å²) in [6, 6.07) is 9.25. The number of rotatable bonds is 6. The van der Waals surface area contributed by atoms with Gasteiger partial charge in [-0.25, -0.2) is 0 Å². The van der Waals surface area contributed by atoms with E-state index in [-0.39, 0.29) is 6.54 Å². The largest absolute Gasteiger partial charge is 0.489 e. The Labute approximate surface area is 116 Å². The number of hydrogen-bond acceptors (Lipinski definition) is 4. The number of azide groups is 1. The van der Waals surface area contributed by atoms with E-state index in [1.54, 1.807) is 6.07 Å². The van der Waals surface area contributed by atoms with Gasteiger partial charge in [0, 0.05) is 16.5 Å². The summed E-state index contributed by atoms with van der Waals surface area (Å²) in [5, 5.41) is 7.35. The lowest BCUT2D eigenvalue weighted by molar-refractivity contribution is 0.352. The van der Waals surface area contributed by atoms with Crippen LogP contribution in [0.2, 0.25) is 0 Å². The molecule has 2 aromatic rings. The van der Waals surface area contributed by atoms with E-state index in [2.05, 4.69) is 21.8 Å². The Hall–Kier alpha value is -2.72. The van der Waals surface area contributed by atoms with Gasteiger partial charge in [0.1, 0.15) is 23.8 Å². The average Bonchev–Trinajstić information content (AvgIpc) is 2.92. The van der Waals surface area contributed by atoms with Crippen molar-refractivity contribution < 1.29 is 9.26 Å². The van der Waals surface area contributed by atoms with Gasteiger partial charge in [-0.2, -0.15) is 0 Å². The molecule has 0 aliphatic carbocycles. The number of nitrogens with zero attached hydrogens (tertiary/aromatic N) is 4. The lowest BCUT2D eigenvalue weighted by atomic mass is 10.1.